The number of fused-ring (bicyclic) bond motifs is 14. The van der Waals surface area contributed by atoms with Gasteiger partial charge in [-0.25, -0.2) is 0 Å². The van der Waals surface area contributed by atoms with Crippen LogP contribution >= 0.6 is 0 Å². The van der Waals surface area contributed by atoms with E-state index in [4.69, 9.17) is 0 Å². The van der Waals surface area contributed by atoms with Crippen molar-refractivity contribution in [2.45, 2.75) is 12.3 Å². The van der Waals surface area contributed by atoms with E-state index in [1.165, 1.54) is 92.9 Å². The molecule has 1 aliphatic carbocycles. The fourth-order valence-electron chi connectivity index (χ4n) is 8.89. The predicted octanol–water partition coefficient (Wildman–Crippen LogP) is 10.5. The summed E-state index contributed by atoms with van der Waals surface area (Å²) in [5, 5.41) is 14.3. The van der Waals surface area contributed by atoms with Crippen LogP contribution in [-0.2, 0) is 0 Å². The zero-order valence-corrected chi connectivity index (χ0v) is 26.3. The second-order valence-corrected chi connectivity index (χ2v) is 13.2. The summed E-state index contributed by atoms with van der Waals surface area (Å²) >= 11 is 0. The van der Waals surface area contributed by atoms with Crippen LogP contribution in [0.4, 0.5) is 11.4 Å². The van der Waals surface area contributed by atoms with Crippen molar-refractivity contribution in [2.75, 3.05) is 4.90 Å². The molecule has 0 amide bonds. The molecule has 2 aliphatic rings. The molecule has 48 heavy (non-hydrogen) atoms. The van der Waals surface area contributed by atoms with E-state index >= 15 is 0 Å². The first-order valence-electron chi connectivity index (χ1n) is 16.9. The first kappa shape index (κ1) is 26.0. The minimum absolute atomic E-state index is 0.243. The van der Waals surface area contributed by atoms with E-state index in [0.29, 0.717) is 0 Å². The van der Waals surface area contributed by atoms with Gasteiger partial charge in [-0.05, 0) is 91.5 Å². The molecule has 1 unspecified atom stereocenters. The third kappa shape index (κ3) is 3.41. The Morgan fingerprint density at radius 1 is 0.458 bits per heavy atom. The molecular formula is C46H30N2. The maximum Gasteiger partial charge on any atom is 0.0743 e. The van der Waals surface area contributed by atoms with Crippen LogP contribution in [0.2, 0.25) is 0 Å². The highest BCUT2D eigenvalue weighted by Gasteiger charge is 2.39. The van der Waals surface area contributed by atoms with E-state index in [-0.39, 0.29) is 5.92 Å². The zero-order valence-electron chi connectivity index (χ0n) is 26.3. The number of anilines is 2. The Labute approximate surface area is 277 Å². The van der Waals surface area contributed by atoms with Crippen molar-refractivity contribution >= 4 is 77.1 Å². The Morgan fingerprint density at radius 3 is 1.81 bits per heavy atom. The molecule has 1 aliphatic heterocycles. The lowest BCUT2D eigenvalue weighted by Crippen LogP contribution is -2.38. The highest BCUT2D eigenvalue weighted by atomic mass is 15.2. The fraction of sp³-hybridized carbons (Fsp3) is 0.0435. The van der Waals surface area contributed by atoms with Crippen molar-refractivity contribution in [3.63, 3.8) is 0 Å². The minimum atomic E-state index is 0.243. The number of rotatable bonds is 2. The molecule has 8 aromatic carbocycles. The van der Waals surface area contributed by atoms with E-state index in [9.17, 15) is 0 Å². The SMILES string of the molecule is C1=c2c(n(-c3ccc4c5ccccc5c5ccccc5c4c3)c3ccccc23)=C2C(C1)c1c(ccc3ccccc13)N2c1ccccc1. The van der Waals surface area contributed by atoms with E-state index in [1.807, 2.05) is 0 Å². The Bertz CT molecular complexity index is 2900. The average molecular weight is 611 g/mol. The number of hydrogen-bond donors (Lipinski definition) is 0. The van der Waals surface area contributed by atoms with Gasteiger partial charge < -0.3 is 9.47 Å². The highest BCUT2D eigenvalue weighted by molar-refractivity contribution is 6.25. The summed E-state index contributed by atoms with van der Waals surface area (Å²) in [4.78, 5) is 2.55. The lowest BCUT2D eigenvalue weighted by atomic mass is 9.88. The number of benzene rings is 8. The maximum atomic E-state index is 2.55. The first-order chi connectivity index (χ1) is 23.8. The van der Waals surface area contributed by atoms with Gasteiger partial charge in [-0.1, -0.05) is 127 Å². The van der Waals surface area contributed by atoms with Crippen LogP contribution in [0.25, 0.3) is 71.5 Å². The Kier molecular flexibility index (Phi) is 5.25. The fourth-order valence-corrected chi connectivity index (χ4v) is 8.89. The van der Waals surface area contributed by atoms with Crippen molar-refractivity contribution in [2.24, 2.45) is 0 Å². The normalized spacial score (nSPS) is 15.3. The van der Waals surface area contributed by atoms with Gasteiger partial charge in [0, 0.05) is 27.9 Å². The topological polar surface area (TPSA) is 8.17 Å². The van der Waals surface area contributed by atoms with Crippen LogP contribution in [0, 0.1) is 0 Å². The monoisotopic (exact) mass is 610 g/mol. The third-order valence-electron chi connectivity index (χ3n) is 10.8. The molecule has 0 spiro atoms. The molecule has 1 aromatic heterocycles. The molecule has 224 valence electrons. The summed E-state index contributed by atoms with van der Waals surface area (Å²) in [7, 11) is 0. The first-order valence-corrected chi connectivity index (χ1v) is 16.9. The molecule has 2 heteroatoms. The summed E-state index contributed by atoms with van der Waals surface area (Å²) in [6.45, 7) is 0. The zero-order chi connectivity index (χ0) is 31.3. The van der Waals surface area contributed by atoms with E-state index in [2.05, 4.69) is 173 Å². The van der Waals surface area contributed by atoms with Crippen LogP contribution in [0.1, 0.15) is 17.9 Å². The second kappa shape index (κ2) is 9.70. The summed E-state index contributed by atoms with van der Waals surface area (Å²) < 4.78 is 2.55. The number of hydrogen-bond acceptors (Lipinski definition) is 1. The van der Waals surface area contributed by atoms with E-state index in [1.54, 1.807) is 0 Å². The molecule has 0 bridgehead atoms. The molecule has 2 heterocycles. The smallest absolute Gasteiger partial charge is 0.0743 e. The quantitative estimate of drug-likeness (QED) is 0.177. The molecule has 9 aromatic rings. The van der Waals surface area contributed by atoms with Gasteiger partial charge in [-0.3, -0.25) is 0 Å². The average Bonchev–Trinajstić information content (AvgIpc) is 3.68. The molecular weight excluding hydrogens is 581 g/mol. The maximum absolute atomic E-state index is 2.55. The van der Waals surface area contributed by atoms with Gasteiger partial charge in [0.25, 0.3) is 0 Å². The molecule has 11 rings (SSSR count). The van der Waals surface area contributed by atoms with Gasteiger partial charge in [-0.2, -0.15) is 0 Å². The van der Waals surface area contributed by atoms with Crippen molar-refractivity contribution in [1.82, 2.24) is 4.57 Å². The van der Waals surface area contributed by atoms with Crippen molar-refractivity contribution in [1.29, 1.82) is 0 Å². The third-order valence-corrected chi connectivity index (χ3v) is 10.8. The van der Waals surface area contributed by atoms with Gasteiger partial charge in [0.2, 0.25) is 0 Å². The Hall–Kier alpha value is -6.12. The molecule has 0 saturated heterocycles. The van der Waals surface area contributed by atoms with Gasteiger partial charge in [0.15, 0.2) is 0 Å². The summed E-state index contributed by atoms with van der Waals surface area (Å²) in [6.07, 6.45) is 3.47. The van der Waals surface area contributed by atoms with Crippen molar-refractivity contribution in [3.8, 4) is 5.69 Å². The van der Waals surface area contributed by atoms with Gasteiger partial charge in [0.1, 0.15) is 0 Å². The molecule has 2 nitrogen and oxygen atoms in total. The highest BCUT2D eigenvalue weighted by Crippen LogP contribution is 2.53. The molecule has 0 saturated carbocycles. The molecule has 0 N–H and O–H groups in total. The number of aromatic nitrogens is 1. The van der Waals surface area contributed by atoms with Crippen LogP contribution in [-0.4, -0.2) is 4.57 Å². The minimum Gasteiger partial charge on any atom is -0.311 e. The van der Waals surface area contributed by atoms with Crippen LogP contribution in [0.5, 0.6) is 0 Å². The number of para-hydroxylation sites is 2. The van der Waals surface area contributed by atoms with E-state index in [0.717, 1.165) is 6.42 Å². The lowest BCUT2D eigenvalue weighted by molar-refractivity contribution is 0.893. The predicted molar refractivity (Wildman–Crippen MR) is 203 cm³/mol. The Morgan fingerprint density at radius 2 is 1.06 bits per heavy atom. The van der Waals surface area contributed by atoms with Crippen molar-refractivity contribution < 1.29 is 0 Å². The summed E-state index contributed by atoms with van der Waals surface area (Å²) in [6, 6.07) is 58.3. The van der Waals surface area contributed by atoms with E-state index < -0.39 is 0 Å². The van der Waals surface area contributed by atoms with Crippen LogP contribution in [0.3, 0.4) is 0 Å². The van der Waals surface area contributed by atoms with Gasteiger partial charge >= 0.3 is 0 Å². The van der Waals surface area contributed by atoms with Crippen molar-refractivity contribution in [3.05, 3.63) is 174 Å². The van der Waals surface area contributed by atoms with Crippen LogP contribution < -0.4 is 15.5 Å². The molecule has 0 radical (unpaired) electrons. The summed E-state index contributed by atoms with van der Waals surface area (Å²) in [5.41, 5.74) is 7.72. The van der Waals surface area contributed by atoms with Gasteiger partial charge in [-0.15, -0.1) is 0 Å². The van der Waals surface area contributed by atoms with Crippen LogP contribution in [0.15, 0.2) is 158 Å². The molecule has 0 fully saturated rings. The summed E-state index contributed by atoms with van der Waals surface area (Å²) in [5.74, 6) is 0.243. The lowest BCUT2D eigenvalue weighted by Gasteiger charge is -2.25. The van der Waals surface area contributed by atoms with Gasteiger partial charge in [0.05, 0.1) is 22.3 Å². The molecule has 1 atom stereocenters. The second-order valence-electron chi connectivity index (χ2n) is 13.2. The standard InChI is InChI=1S/C46H30N2/c1-2-13-30(14-3-1)47-43-27-22-29-12-4-5-15-32(29)44(43)40-26-25-39-38-20-10-11-21-42(38)48(45(39)46(40)47)31-23-24-37-35-18-7-6-16-33(35)34-17-8-9-19-36(34)41(37)28-31/h1-25,27-28,40H,26H2. The Balaban J connectivity index is 1.30. The number of nitrogens with zero attached hydrogens (tertiary/aromatic N) is 2. The largest absolute Gasteiger partial charge is 0.311 e.